The molecule has 1 aromatic rings. The molecule has 116 valence electrons. The van der Waals surface area contributed by atoms with E-state index in [0.717, 1.165) is 13.0 Å². The quantitative estimate of drug-likeness (QED) is 0.519. The lowest BCUT2D eigenvalue weighted by Gasteiger charge is -2.14. The Hall–Kier alpha value is -1.42. The van der Waals surface area contributed by atoms with Crippen molar-refractivity contribution in [2.45, 2.75) is 24.7 Å². The second-order valence-corrected chi connectivity index (χ2v) is 6.53. The van der Waals surface area contributed by atoms with E-state index in [9.17, 15) is 15.0 Å². The minimum absolute atomic E-state index is 0.112. The van der Waals surface area contributed by atoms with Crippen LogP contribution in [0.5, 0.6) is 0 Å². The molecule has 0 radical (unpaired) electrons. The topological polar surface area (TPSA) is 129 Å². The summed E-state index contributed by atoms with van der Waals surface area (Å²) in [4.78, 5) is 20.4. The summed E-state index contributed by atoms with van der Waals surface area (Å²) in [6, 6.07) is 0.123. The van der Waals surface area contributed by atoms with E-state index < -0.39 is 12.2 Å². The van der Waals surface area contributed by atoms with Crippen LogP contribution in [0, 0.1) is 0 Å². The van der Waals surface area contributed by atoms with Crippen molar-refractivity contribution < 1.29 is 15.0 Å². The first-order chi connectivity index (χ1) is 9.95. The smallest absolute Gasteiger partial charge is 0.268 e. The molecule has 0 saturated carbocycles. The van der Waals surface area contributed by atoms with Gasteiger partial charge in [-0.3, -0.25) is 4.79 Å². The second-order valence-electron chi connectivity index (χ2n) is 5.55. The molecular formula is C12H19N5O3S. The summed E-state index contributed by atoms with van der Waals surface area (Å²) in [6.07, 6.45) is -0.911. The number of likely N-dealkylation sites (tertiary alicyclic amines) is 1. The van der Waals surface area contributed by atoms with Crippen LogP contribution in [-0.2, 0) is 0 Å². The van der Waals surface area contributed by atoms with Gasteiger partial charge in [0.15, 0.2) is 5.13 Å². The normalized spacial score (nSPS) is 29.4. The van der Waals surface area contributed by atoms with Crippen LogP contribution in [0.3, 0.4) is 0 Å². The van der Waals surface area contributed by atoms with E-state index in [4.69, 9.17) is 11.5 Å². The first kappa shape index (κ1) is 14.5. The minimum atomic E-state index is -0.904. The van der Waals surface area contributed by atoms with Crippen LogP contribution in [0.15, 0.2) is 0 Å². The number of amides is 1. The molecule has 1 amide bonds. The molecule has 6 N–H and O–H groups in total. The van der Waals surface area contributed by atoms with Gasteiger partial charge in [-0.25, -0.2) is 4.98 Å². The lowest BCUT2D eigenvalue weighted by molar-refractivity contribution is 0.0572. The molecule has 2 aliphatic heterocycles. The average Bonchev–Trinajstić information content (AvgIpc) is 3.10. The molecule has 3 heterocycles. The summed E-state index contributed by atoms with van der Waals surface area (Å²) in [5, 5.41) is 19.8. The number of carbonyl (C=O) groups is 1. The highest BCUT2D eigenvalue weighted by Crippen LogP contribution is 2.31. The van der Waals surface area contributed by atoms with Crippen LogP contribution >= 0.6 is 11.3 Å². The van der Waals surface area contributed by atoms with Gasteiger partial charge in [-0.1, -0.05) is 11.3 Å². The highest BCUT2D eigenvalue weighted by atomic mass is 32.1. The van der Waals surface area contributed by atoms with Gasteiger partial charge in [0.2, 0.25) is 0 Å². The molecule has 21 heavy (non-hydrogen) atoms. The van der Waals surface area contributed by atoms with Crippen LogP contribution < -0.4 is 16.4 Å². The fraction of sp³-hybridized carbons (Fsp3) is 0.667. The van der Waals surface area contributed by atoms with Gasteiger partial charge in [0.05, 0.1) is 12.2 Å². The van der Waals surface area contributed by atoms with Crippen molar-refractivity contribution >= 4 is 28.2 Å². The van der Waals surface area contributed by atoms with Crippen molar-refractivity contribution in [1.29, 1.82) is 0 Å². The van der Waals surface area contributed by atoms with E-state index in [1.165, 1.54) is 16.2 Å². The number of aliphatic hydroxyl groups is 2. The van der Waals surface area contributed by atoms with Gasteiger partial charge in [-0.2, -0.15) is 0 Å². The molecule has 0 spiro atoms. The summed E-state index contributed by atoms with van der Waals surface area (Å²) in [7, 11) is 0. The van der Waals surface area contributed by atoms with Crippen molar-refractivity contribution in [3.8, 4) is 0 Å². The number of nitrogen functional groups attached to an aromatic ring is 1. The average molecular weight is 313 g/mol. The Morgan fingerprint density at radius 2 is 1.95 bits per heavy atom. The van der Waals surface area contributed by atoms with Crippen LogP contribution in [0.25, 0.3) is 0 Å². The minimum Gasteiger partial charge on any atom is -0.388 e. The number of nitrogens with two attached hydrogens (primary N) is 2. The standard InChI is InChI=1S/C12H19N5O3S/c13-6-1-2-16(3-6)12-15-10(14)9(21-12)11(20)17-4-7(18)8(19)5-17/h6-8,18-19H,1-5,13-14H2. The molecule has 0 aromatic carbocycles. The van der Waals surface area contributed by atoms with Crippen LogP contribution in [0.2, 0.25) is 0 Å². The van der Waals surface area contributed by atoms with Crippen molar-refractivity contribution in [2.24, 2.45) is 5.73 Å². The maximum Gasteiger partial charge on any atom is 0.268 e. The zero-order chi connectivity index (χ0) is 15.1. The molecule has 3 atom stereocenters. The van der Waals surface area contributed by atoms with E-state index >= 15 is 0 Å². The van der Waals surface area contributed by atoms with Crippen molar-refractivity contribution in [3.63, 3.8) is 0 Å². The summed E-state index contributed by atoms with van der Waals surface area (Å²) in [5.41, 5.74) is 11.7. The molecule has 8 nitrogen and oxygen atoms in total. The van der Waals surface area contributed by atoms with Crippen LogP contribution in [0.1, 0.15) is 16.1 Å². The lowest BCUT2D eigenvalue weighted by Crippen LogP contribution is -2.29. The number of nitrogens with zero attached hydrogens (tertiary/aromatic N) is 3. The highest BCUT2D eigenvalue weighted by Gasteiger charge is 2.35. The molecular weight excluding hydrogens is 294 g/mol. The molecule has 1 aromatic heterocycles. The van der Waals surface area contributed by atoms with Gasteiger partial charge in [0.25, 0.3) is 5.91 Å². The highest BCUT2D eigenvalue weighted by molar-refractivity contribution is 7.18. The van der Waals surface area contributed by atoms with Gasteiger partial charge < -0.3 is 31.5 Å². The zero-order valence-electron chi connectivity index (χ0n) is 11.5. The third-order valence-corrected chi connectivity index (χ3v) is 5.00. The van der Waals surface area contributed by atoms with Crippen molar-refractivity contribution in [3.05, 3.63) is 4.88 Å². The molecule has 2 fully saturated rings. The zero-order valence-corrected chi connectivity index (χ0v) is 12.3. The Morgan fingerprint density at radius 1 is 1.29 bits per heavy atom. The fourth-order valence-corrected chi connectivity index (χ4v) is 3.64. The van der Waals surface area contributed by atoms with Gasteiger partial charge >= 0.3 is 0 Å². The predicted molar refractivity (Wildman–Crippen MR) is 79.2 cm³/mol. The molecule has 2 aliphatic rings. The lowest BCUT2D eigenvalue weighted by atomic mass is 10.3. The van der Waals surface area contributed by atoms with Crippen molar-refractivity contribution in [1.82, 2.24) is 9.88 Å². The molecule has 9 heteroatoms. The Bertz CT molecular complexity index is 541. The summed E-state index contributed by atoms with van der Waals surface area (Å²) in [6.45, 7) is 1.74. The Labute approximate surface area is 126 Å². The van der Waals surface area contributed by atoms with Gasteiger partial charge in [-0.15, -0.1) is 0 Å². The number of hydrogen-bond acceptors (Lipinski definition) is 8. The maximum atomic E-state index is 12.4. The number of aromatic nitrogens is 1. The number of carbonyl (C=O) groups excluding carboxylic acids is 1. The summed E-state index contributed by atoms with van der Waals surface area (Å²) >= 11 is 1.24. The molecule has 3 rings (SSSR count). The largest absolute Gasteiger partial charge is 0.388 e. The van der Waals surface area contributed by atoms with Crippen LogP contribution in [-0.4, -0.2) is 70.4 Å². The van der Waals surface area contributed by atoms with E-state index in [1.54, 1.807) is 0 Å². The molecule has 0 bridgehead atoms. The number of anilines is 2. The predicted octanol–water partition coefficient (Wildman–Crippen LogP) is -1.56. The SMILES string of the molecule is Nc1nc(N2CCC(N)C2)sc1C(=O)N1CC(O)C(O)C1. The number of rotatable bonds is 2. The fourth-order valence-electron chi connectivity index (χ4n) is 2.65. The van der Waals surface area contributed by atoms with Gasteiger partial charge in [-0.05, 0) is 6.42 Å². The van der Waals surface area contributed by atoms with E-state index in [0.29, 0.717) is 16.6 Å². The van der Waals surface area contributed by atoms with Crippen LogP contribution in [0.4, 0.5) is 10.9 Å². The van der Waals surface area contributed by atoms with Gasteiger partial charge in [0, 0.05) is 32.2 Å². The molecule has 2 saturated heterocycles. The summed E-state index contributed by atoms with van der Waals surface area (Å²) in [5.74, 6) is -0.105. The first-order valence-corrected chi connectivity index (χ1v) is 7.69. The Morgan fingerprint density at radius 3 is 2.52 bits per heavy atom. The molecule has 0 aliphatic carbocycles. The third kappa shape index (κ3) is 2.69. The first-order valence-electron chi connectivity index (χ1n) is 6.88. The van der Waals surface area contributed by atoms with E-state index in [-0.39, 0.29) is 30.9 Å². The summed E-state index contributed by atoms with van der Waals surface area (Å²) < 4.78 is 0. The van der Waals surface area contributed by atoms with Gasteiger partial charge in [0.1, 0.15) is 10.7 Å². The Balaban J connectivity index is 1.76. The maximum absolute atomic E-state index is 12.4. The number of aliphatic hydroxyl groups excluding tert-OH is 2. The van der Waals surface area contributed by atoms with E-state index in [1.807, 2.05) is 4.90 Å². The number of hydrogen-bond donors (Lipinski definition) is 4. The third-order valence-electron chi connectivity index (χ3n) is 3.88. The molecule has 3 unspecified atom stereocenters. The number of thiazole rings is 1. The second kappa shape index (κ2) is 5.41. The Kier molecular flexibility index (Phi) is 3.74. The van der Waals surface area contributed by atoms with E-state index in [2.05, 4.69) is 4.98 Å². The van der Waals surface area contributed by atoms with Crippen molar-refractivity contribution in [2.75, 3.05) is 36.8 Å². The monoisotopic (exact) mass is 313 g/mol. The number of β-amino-alcohol motifs (C(OH)–C–C–N with tert-alkyl or cyclic N) is 2.